The van der Waals surface area contributed by atoms with Crippen molar-refractivity contribution in [3.05, 3.63) is 35.4 Å². The SMILES string of the molecule is Cl.N#Cc1cccc([C@@H]2COC(=O)N2)c1. The highest BCUT2D eigenvalue weighted by Crippen LogP contribution is 2.18. The summed E-state index contributed by atoms with van der Waals surface area (Å²) in [6, 6.07) is 9.04. The maximum atomic E-state index is 10.8. The van der Waals surface area contributed by atoms with Crippen LogP contribution >= 0.6 is 12.4 Å². The van der Waals surface area contributed by atoms with Gasteiger partial charge in [0.2, 0.25) is 0 Å². The van der Waals surface area contributed by atoms with Gasteiger partial charge in [-0.05, 0) is 17.7 Å². The Balaban J connectivity index is 0.00000112. The van der Waals surface area contributed by atoms with Crippen molar-refractivity contribution in [3.63, 3.8) is 0 Å². The molecule has 0 unspecified atom stereocenters. The highest BCUT2D eigenvalue weighted by Gasteiger charge is 2.23. The first-order chi connectivity index (χ1) is 6.79. The number of carbonyl (C=O) groups is 1. The van der Waals surface area contributed by atoms with Crippen molar-refractivity contribution in [1.82, 2.24) is 5.32 Å². The van der Waals surface area contributed by atoms with Crippen LogP contribution in [0.2, 0.25) is 0 Å². The van der Waals surface area contributed by atoms with Crippen LogP contribution in [0.1, 0.15) is 17.2 Å². The molecule has 1 heterocycles. The number of nitriles is 1. The summed E-state index contributed by atoms with van der Waals surface area (Å²) in [4.78, 5) is 10.8. The van der Waals surface area contributed by atoms with Gasteiger partial charge in [0.15, 0.2) is 0 Å². The van der Waals surface area contributed by atoms with E-state index in [-0.39, 0.29) is 18.4 Å². The number of nitrogens with zero attached hydrogens (tertiary/aromatic N) is 1. The van der Waals surface area contributed by atoms with Crippen molar-refractivity contribution in [3.8, 4) is 6.07 Å². The highest BCUT2D eigenvalue weighted by molar-refractivity contribution is 5.85. The zero-order valence-electron chi connectivity index (χ0n) is 7.77. The second kappa shape index (κ2) is 4.67. The molecule has 1 fully saturated rings. The van der Waals surface area contributed by atoms with Crippen LogP contribution in [0.25, 0.3) is 0 Å². The summed E-state index contributed by atoms with van der Waals surface area (Å²) in [6.45, 7) is 0.327. The Labute approximate surface area is 93.3 Å². The van der Waals surface area contributed by atoms with Gasteiger partial charge in [-0.25, -0.2) is 4.79 Å². The van der Waals surface area contributed by atoms with Gasteiger partial charge < -0.3 is 10.1 Å². The number of rotatable bonds is 1. The molecule has 1 atom stereocenters. The molecule has 0 saturated carbocycles. The summed E-state index contributed by atoms with van der Waals surface area (Å²) < 4.78 is 4.76. The van der Waals surface area contributed by atoms with Crippen molar-refractivity contribution >= 4 is 18.5 Å². The topological polar surface area (TPSA) is 62.1 Å². The minimum atomic E-state index is -0.405. The molecule has 0 spiro atoms. The van der Waals surface area contributed by atoms with E-state index in [1.807, 2.05) is 12.1 Å². The third-order valence-electron chi connectivity index (χ3n) is 2.09. The van der Waals surface area contributed by atoms with Gasteiger partial charge in [-0.15, -0.1) is 12.4 Å². The summed E-state index contributed by atoms with van der Waals surface area (Å²) in [5, 5.41) is 11.3. The Morgan fingerprint density at radius 3 is 2.93 bits per heavy atom. The van der Waals surface area contributed by atoms with E-state index in [1.165, 1.54) is 0 Å². The largest absolute Gasteiger partial charge is 0.447 e. The van der Waals surface area contributed by atoms with Crippen molar-refractivity contribution in [2.24, 2.45) is 0 Å². The minimum Gasteiger partial charge on any atom is -0.447 e. The molecule has 2 rings (SSSR count). The molecule has 78 valence electrons. The summed E-state index contributed by atoms with van der Waals surface area (Å²) in [6.07, 6.45) is -0.405. The Morgan fingerprint density at radius 1 is 1.53 bits per heavy atom. The van der Waals surface area contributed by atoms with E-state index in [0.717, 1.165) is 5.56 Å². The minimum absolute atomic E-state index is 0. The highest BCUT2D eigenvalue weighted by atomic mass is 35.5. The molecule has 1 aromatic rings. The van der Waals surface area contributed by atoms with E-state index in [1.54, 1.807) is 18.2 Å². The zero-order chi connectivity index (χ0) is 9.97. The first-order valence-corrected chi connectivity index (χ1v) is 4.23. The van der Waals surface area contributed by atoms with Crippen LogP contribution in [-0.2, 0) is 4.74 Å². The van der Waals surface area contributed by atoms with Crippen molar-refractivity contribution < 1.29 is 9.53 Å². The molecule has 15 heavy (non-hydrogen) atoms. The van der Waals surface area contributed by atoms with Gasteiger partial charge in [-0.3, -0.25) is 0 Å². The maximum absolute atomic E-state index is 10.8. The fourth-order valence-electron chi connectivity index (χ4n) is 1.39. The zero-order valence-corrected chi connectivity index (χ0v) is 8.58. The monoisotopic (exact) mass is 224 g/mol. The van der Waals surface area contributed by atoms with Gasteiger partial charge in [0.25, 0.3) is 0 Å². The Bertz CT molecular complexity index is 414. The van der Waals surface area contributed by atoms with Gasteiger partial charge in [0.1, 0.15) is 6.61 Å². The van der Waals surface area contributed by atoms with E-state index in [2.05, 4.69) is 5.32 Å². The molecule has 0 radical (unpaired) electrons. The van der Waals surface area contributed by atoms with Crippen LogP contribution in [-0.4, -0.2) is 12.7 Å². The fourth-order valence-corrected chi connectivity index (χ4v) is 1.39. The number of hydrogen-bond donors (Lipinski definition) is 1. The molecule has 0 aliphatic carbocycles. The van der Waals surface area contributed by atoms with Crippen molar-refractivity contribution in [2.75, 3.05) is 6.61 Å². The summed E-state index contributed by atoms with van der Waals surface area (Å²) in [7, 11) is 0. The third-order valence-corrected chi connectivity index (χ3v) is 2.09. The molecule has 1 aliphatic rings. The van der Waals surface area contributed by atoms with Crippen LogP contribution in [0, 0.1) is 11.3 Å². The summed E-state index contributed by atoms with van der Waals surface area (Å²) in [5.74, 6) is 0. The van der Waals surface area contributed by atoms with E-state index >= 15 is 0 Å². The standard InChI is InChI=1S/C10H8N2O2.ClH/c11-5-7-2-1-3-8(4-7)9-6-14-10(13)12-9;/h1-4,9H,6H2,(H,12,13);1H/t9-;/m0./s1. The molecule has 1 aliphatic heterocycles. The van der Waals surface area contributed by atoms with Gasteiger partial charge in [0, 0.05) is 0 Å². The number of nitrogens with one attached hydrogen (secondary N) is 1. The number of amides is 1. The van der Waals surface area contributed by atoms with Gasteiger partial charge in [-0.2, -0.15) is 5.26 Å². The van der Waals surface area contributed by atoms with E-state index in [0.29, 0.717) is 12.2 Å². The number of cyclic esters (lactones) is 1. The van der Waals surface area contributed by atoms with Crippen LogP contribution in [0.5, 0.6) is 0 Å². The number of ether oxygens (including phenoxy) is 1. The van der Waals surface area contributed by atoms with Gasteiger partial charge in [-0.1, -0.05) is 12.1 Å². The molecule has 0 bridgehead atoms. The first kappa shape index (κ1) is 11.3. The lowest BCUT2D eigenvalue weighted by Crippen LogP contribution is -2.18. The molecule has 1 saturated heterocycles. The average Bonchev–Trinajstić information content (AvgIpc) is 2.65. The number of halogens is 1. The number of benzene rings is 1. The molecule has 1 amide bonds. The van der Waals surface area contributed by atoms with Crippen LogP contribution in [0.4, 0.5) is 4.79 Å². The molecule has 1 N–H and O–H groups in total. The summed E-state index contributed by atoms with van der Waals surface area (Å²) >= 11 is 0. The first-order valence-electron chi connectivity index (χ1n) is 4.23. The van der Waals surface area contributed by atoms with E-state index < -0.39 is 6.09 Å². The fraction of sp³-hybridized carbons (Fsp3) is 0.200. The molecule has 5 heteroatoms. The van der Waals surface area contributed by atoms with Crippen molar-refractivity contribution in [2.45, 2.75) is 6.04 Å². The average molecular weight is 225 g/mol. The predicted octanol–water partition coefficient (Wildman–Crippen LogP) is 1.76. The van der Waals surface area contributed by atoms with Crippen molar-refractivity contribution in [1.29, 1.82) is 5.26 Å². The lowest BCUT2D eigenvalue weighted by molar-refractivity contribution is 0.177. The Morgan fingerprint density at radius 2 is 2.33 bits per heavy atom. The third kappa shape index (κ3) is 2.39. The predicted molar refractivity (Wildman–Crippen MR) is 55.6 cm³/mol. The van der Waals surface area contributed by atoms with Crippen LogP contribution in [0.15, 0.2) is 24.3 Å². The molecule has 0 aromatic heterocycles. The second-order valence-corrected chi connectivity index (χ2v) is 3.03. The number of carbonyl (C=O) groups excluding carboxylic acids is 1. The molecule has 4 nitrogen and oxygen atoms in total. The lowest BCUT2D eigenvalue weighted by Gasteiger charge is -2.06. The van der Waals surface area contributed by atoms with Crippen LogP contribution in [0.3, 0.4) is 0 Å². The van der Waals surface area contributed by atoms with E-state index in [4.69, 9.17) is 10.00 Å². The van der Waals surface area contributed by atoms with E-state index in [9.17, 15) is 4.79 Å². The lowest BCUT2D eigenvalue weighted by atomic mass is 10.1. The second-order valence-electron chi connectivity index (χ2n) is 3.03. The maximum Gasteiger partial charge on any atom is 0.407 e. The van der Waals surface area contributed by atoms with Gasteiger partial charge >= 0.3 is 6.09 Å². The van der Waals surface area contributed by atoms with Gasteiger partial charge in [0.05, 0.1) is 17.7 Å². The normalized spacial score (nSPS) is 18.3. The Kier molecular flexibility index (Phi) is 3.53. The quantitative estimate of drug-likeness (QED) is 0.791. The smallest absolute Gasteiger partial charge is 0.407 e. The molecular weight excluding hydrogens is 216 g/mol. The molecular formula is C10H9ClN2O2. The Hall–Kier alpha value is -1.73. The summed E-state index contributed by atoms with van der Waals surface area (Å²) in [5.41, 5.74) is 1.48. The molecule has 1 aromatic carbocycles. The van der Waals surface area contributed by atoms with Crippen LogP contribution < -0.4 is 5.32 Å². The number of hydrogen-bond acceptors (Lipinski definition) is 3. The number of alkyl carbamates (subject to hydrolysis) is 1.